The van der Waals surface area contributed by atoms with Crippen molar-refractivity contribution < 1.29 is 17.7 Å². The number of likely N-dealkylation sites (tertiary alicyclic amines) is 1. The lowest BCUT2D eigenvalue weighted by atomic mass is 9.87. The number of rotatable bonds is 5. The first-order chi connectivity index (χ1) is 13.4. The molecule has 8 nitrogen and oxygen atoms in total. The topological polar surface area (TPSA) is 88.8 Å². The van der Waals surface area contributed by atoms with Crippen LogP contribution in [0, 0.1) is 13.8 Å². The largest absolute Gasteiger partial charge is 0.378 e. The lowest BCUT2D eigenvalue weighted by Gasteiger charge is -2.52. The highest BCUT2D eigenvalue weighted by molar-refractivity contribution is 7.89. The Morgan fingerprint density at radius 2 is 1.86 bits per heavy atom. The lowest BCUT2D eigenvalue weighted by molar-refractivity contribution is -0.114. The second kappa shape index (κ2) is 7.55. The molecule has 2 aliphatic heterocycles. The third kappa shape index (κ3) is 3.26. The van der Waals surface area contributed by atoms with Gasteiger partial charge in [0.15, 0.2) is 5.76 Å². The number of hydrogen-bond donors (Lipinski definition) is 0. The van der Waals surface area contributed by atoms with E-state index in [-0.39, 0.29) is 17.0 Å². The number of hydrogen-bond acceptors (Lipinski definition) is 7. The summed E-state index contributed by atoms with van der Waals surface area (Å²) >= 11 is 0. The molecule has 0 aromatic carbocycles. The van der Waals surface area contributed by atoms with Gasteiger partial charge in [0, 0.05) is 45.2 Å². The summed E-state index contributed by atoms with van der Waals surface area (Å²) in [6.45, 7) is 5.16. The Morgan fingerprint density at radius 1 is 1.18 bits per heavy atom. The van der Waals surface area contributed by atoms with E-state index < -0.39 is 10.0 Å². The van der Waals surface area contributed by atoms with Gasteiger partial charge in [0.2, 0.25) is 10.0 Å². The van der Waals surface area contributed by atoms with Crippen molar-refractivity contribution in [1.29, 1.82) is 0 Å². The second-order valence-electron chi connectivity index (χ2n) is 7.48. The molecule has 2 aromatic rings. The fourth-order valence-electron chi connectivity index (χ4n) is 4.43. The number of aromatic nitrogens is 2. The SMILES string of the molecule is CO[C@H]1CN(C2CCN(S(=O)(=O)c3c(C)noc3C)CC2)[C@H]1c1ccncc1. The van der Waals surface area contributed by atoms with Gasteiger partial charge in [-0.15, -0.1) is 0 Å². The van der Waals surface area contributed by atoms with Crippen LogP contribution in [0.4, 0.5) is 0 Å². The summed E-state index contributed by atoms with van der Waals surface area (Å²) in [5, 5.41) is 3.80. The summed E-state index contributed by atoms with van der Waals surface area (Å²) < 4.78 is 38.3. The Kier molecular flexibility index (Phi) is 5.26. The second-order valence-corrected chi connectivity index (χ2v) is 9.36. The zero-order valence-corrected chi connectivity index (χ0v) is 17.2. The van der Waals surface area contributed by atoms with Gasteiger partial charge in [-0.1, -0.05) is 5.16 Å². The van der Waals surface area contributed by atoms with Crippen LogP contribution in [0.25, 0.3) is 0 Å². The molecule has 0 spiro atoms. The van der Waals surface area contributed by atoms with Gasteiger partial charge in [0.05, 0.1) is 12.1 Å². The molecule has 0 aliphatic carbocycles. The first-order valence-corrected chi connectivity index (χ1v) is 11.0. The number of methoxy groups -OCH3 is 1. The van der Waals surface area contributed by atoms with E-state index >= 15 is 0 Å². The van der Waals surface area contributed by atoms with Crippen LogP contribution in [0.15, 0.2) is 33.9 Å². The Bertz CT molecular complexity index is 903. The molecule has 4 rings (SSSR count). The lowest BCUT2D eigenvalue weighted by Crippen LogP contribution is -2.60. The van der Waals surface area contributed by atoms with Crippen LogP contribution in [-0.2, 0) is 14.8 Å². The minimum Gasteiger partial charge on any atom is -0.378 e. The smallest absolute Gasteiger partial charge is 0.248 e. The maximum absolute atomic E-state index is 13.0. The van der Waals surface area contributed by atoms with Gasteiger partial charge in [-0.2, -0.15) is 4.31 Å². The molecule has 9 heteroatoms. The Labute approximate surface area is 165 Å². The molecule has 2 saturated heterocycles. The highest BCUT2D eigenvalue weighted by Gasteiger charge is 2.45. The Morgan fingerprint density at radius 3 is 2.43 bits per heavy atom. The van der Waals surface area contributed by atoms with Crippen molar-refractivity contribution in [3.63, 3.8) is 0 Å². The van der Waals surface area contributed by atoms with Crippen LogP contribution >= 0.6 is 0 Å². The average molecular weight is 407 g/mol. The molecule has 0 bridgehead atoms. The van der Waals surface area contributed by atoms with E-state index in [0.29, 0.717) is 30.6 Å². The predicted octanol–water partition coefficient (Wildman–Crippen LogP) is 1.91. The normalized spacial score (nSPS) is 25.0. The molecule has 28 heavy (non-hydrogen) atoms. The number of pyridine rings is 1. The third-order valence-corrected chi connectivity index (χ3v) is 8.05. The minimum atomic E-state index is -3.57. The summed E-state index contributed by atoms with van der Waals surface area (Å²) in [5.74, 6) is 0.350. The fraction of sp³-hybridized carbons (Fsp3) is 0.579. The van der Waals surface area contributed by atoms with Gasteiger partial charge >= 0.3 is 0 Å². The van der Waals surface area contributed by atoms with Crippen LogP contribution in [0.2, 0.25) is 0 Å². The summed E-state index contributed by atoms with van der Waals surface area (Å²) in [6.07, 6.45) is 5.35. The third-order valence-electron chi connectivity index (χ3n) is 5.91. The molecule has 0 unspecified atom stereocenters. The Balaban J connectivity index is 1.46. The maximum atomic E-state index is 13.0. The number of sulfonamides is 1. The number of ether oxygens (including phenoxy) is 1. The molecule has 0 amide bonds. The quantitative estimate of drug-likeness (QED) is 0.749. The van der Waals surface area contributed by atoms with Crippen LogP contribution < -0.4 is 0 Å². The van der Waals surface area contributed by atoms with Crippen molar-refractivity contribution in [3.8, 4) is 0 Å². The van der Waals surface area contributed by atoms with Gasteiger partial charge in [-0.05, 0) is 44.4 Å². The molecular weight excluding hydrogens is 380 g/mol. The molecule has 4 heterocycles. The van der Waals surface area contributed by atoms with Crippen molar-refractivity contribution in [1.82, 2.24) is 19.3 Å². The monoisotopic (exact) mass is 406 g/mol. The molecule has 2 fully saturated rings. The average Bonchev–Trinajstić information content (AvgIpc) is 3.01. The molecule has 2 aromatic heterocycles. The molecule has 2 atom stereocenters. The number of aryl methyl sites for hydroxylation is 2. The van der Waals surface area contributed by atoms with Crippen molar-refractivity contribution in [2.24, 2.45) is 0 Å². The molecule has 0 N–H and O–H groups in total. The van der Waals surface area contributed by atoms with Crippen LogP contribution in [-0.4, -0.2) is 66.7 Å². The van der Waals surface area contributed by atoms with Gasteiger partial charge in [-0.3, -0.25) is 9.88 Å². The molecule has 2 aliphatic rings. The fourth-order valence-corrected chi connectivity index (χ4v) is 6.19. The van der Waals surface area contributed by atoms with E-state index in [0.717, 1.165) is 19.4 Å². The first kappa shape index (κ1) is 19.5. The maximum Gasteiger partial charge on any atom is 0.248 e. The van der Waals surface area contributed by atoms with E-state index in [2.05, 4.69) is 15.0 Å². The Hall–Kier alpha value is -1.81. The van der Waals surface area contributed by atoms with E-state index in [1.807, 2.05) is 12.1 Å². The zero-order chi connectivity index (χ0) is 19.9. The number of nitrogens with zero attached hydrogens (tertiary/aromatic N) is 4. The van der Waals surface area contributed by atoms with Crippen molar-refractivity contribution in [2.75, 3.05) is 26.7 Å². The minimum absolute atomic E-state index is 0.159. The van der Waals surface area contributed by atoms with Gasteiger partial charge in [0.25, 0.3) is 0 Å². The van der Waals surface area contributed by atoms with E-state index in [4.69, 9.17) is 9.26 Å². The van der Waals surface area contributed by atoms with Gasteiger partial charge < -0.3 is 9.26 Å². The molecule has 0 radical (unpaired) electrons. The zero-order valence-electron chi connectivity index (χ0n) is 16.4. The van der Waals surface area contributed by atoms with Gasteiger partial charge in [-0.25, -0.2) is 8.42 Å². The summed E-state index contributed by atoms with van der Waals surface area (Å²) in [6, 6.07) is 4.59. The highest BCUT2D eigenvalue weighted by atomic mass is 32.2. The first-order valence-electron chi connectivity index (χ1n) is 9.55. The van der Waals surface area contributed by atoms with Crippen molar-refractivity contribution in [2.45, 2.75) is 49.8 Å². The summed E-state index contributed by atoms with van der Waals surface area (Å²) in [4.78, 5) is 6.75. The summed E-state index contributed by atoms with van der Waals surface area (Å²) in [7, 11) is -1.83. The van der Waals surface area contributed by atoms with Crippen molar-refractivity contribution >= 4 is 10.0 Å². The molecule has 0 saturated carbocycles. The van der Waals surface area contributed by atoms with Crippen LogP contribution in [0.1, 0.15) is 35.9 Å². The predicted molar refractivity (Wildman–Crippen MR) is 102 cm³/mol. The molecular formula is C19H26N4O4S. The summed E-state index contributed by atoms with van der Waals surface area (Å²) in [5.41, 5.74) is 1.61. The van der Waals surface area contributed by atoms with E-state index in [1.54, 1.807) is 37.7 Å². The number of piperidine rings is 1. The van der Waals surface area contributed by atoms with Crippen molar-refractivity contribution in [3.05, 3.63) is 41.5 Å². The standard InChI is InChI=1S/C19H26N4O4S/c1-13-19(14(2)27-21-13)28(24,25)22-10-6-16(7-11-22)23-12-17(26-3)18(23)15-4-8-20-9-5-15/h4-5,8-9,16-18H,6-7,10-12H2,1-3H3/t17-,18-/m0/s1. The van der Waals surface area contributed by atoms with Gasteiger partial charge in [0.1, 0.15) is 10.6 Å². The highest BCUT2D eigenvalue weighted by Crippen LogP contribution is 2.40. The van der Waals surface area contributed by atoms with E-state index in [1.165, 1.54) is 5.56 Å². The van der Waals surface area contributed by atoms with Crippen LogP contribution in [0.5, 0.6) is 0 Å². The molecule has 152 valence electrons. The van der Waals surface area contributed by atoms with E-state index in [9.17, 15) is 8.42 Å². The van der Waals surface area contributed by atoms with Crippen LogP contribution in [0.3, 0.4) is 0 Å².